The van der Waals surface area contributed by atoms with E-state index in [1.165, 1.54) is 60.3 Å². The first-order valence-electron chi connectivity index (χ1n) is 15.5. The van der Waals surface area contributed by atoms with Gasteiger partial charge in [-0.25, -0.2) is 19.0 Å². The van der Waals surface area contributed by atoms with Gasteiger partial charge in [-0.3, -0.25) is 9.36 Å². The first-order valence-corrected chi connectivity index (χ1v) is 16.3. The van der Waals surface area contributed by atoms with E-state index in [9.17, 15) is 18.8 Å². The maximum Gasteiger partial charge on any atom is 0.355 e. The van der Waals surface area contributed by atoms with E-state index in [1.54, 1.807) is 11.8 Å². The fourth-order valence-corrected chi connectivity index (χ4v) is 7.37. The number of aromatic nitrogens is 5. The van der Waals surface area contributed by atoms with Crippen LogP contribution in [-0.4, -0.2) is 81.7 Å². The van der Waals surface area contributed by atoms with E-state index in [0.29, 0.717) is 55.5 Å². The molecule has 15 heteroatoms. The highest BCUT2D eigenvalue weighted by atomic mass is 32.1. The van der Waals surface area contributed by atoms with E-state index < -0.39 is 23.1 Å². The number of hydrogen-bond acceptors (Lipinski definition) is 9. The molecule has 0 radical (unpaired) electrons. The predicted molar refractivity (Wildman–Crippen MR) is 176 cm³/mol. The highest BCUT2D eigenvalue weighted by Crippen LogP contribution is 2.34. The molecule has 1 aromatic carbocycles. The second-order valence-corrected chi connectivity index (χ2v) is 13.5. The van der Waals surface area contributed by atoms with Crippen molar-refractivity contribution in [2.24, 2.45) is 5.41 Å². The van der Waals surface area contributed by atoms with Crippen molar-refractivity contribution in [2.75, 3.05) is 45.5 Å². The maximum absolute atomic E-state index is 14.7. The molecule has 6 rings (SSSR count). The number of carbonyl (C=O) groups is 1. The van der Waals surface area contributed by atoms with Crippen LogP contribution in [0.2, 0.25) is 0 Å². The number of halogens is 1. The van der Waals surface area contributed by atoms with Crippen LogP contribution in [0.5, 0.6) is 5.75 Å². The molecular formula is C32H38FN7O6S. The molecular weight excluding hydrogens is 629 g/mol. The van der Waals surface area contributed by atoms with E-state index in [4.69, 9.17) is 14.2 Å². The summed E-state index contributed by atoms with van der Waals surface area (Å²) in [6.45, 7) is 7.87. The number of hydrogen-bond donors (Lipinski definition) is 0. The van der Waals surface area contributed by atoms with Crippen molar-refractivity contribution in [1.29, 1.82) is 0 Å². The molecule has 0 N–H and O–H groups in total. The van der Waals surface area contributed by atoms with Gasteiger partial charge in [-0.05, 0) is 43.4 Å². The lowest BCUT2D eigenvalue weighted by Crippen LogP contribution is -2.58. The van der Waals surface area contributed by atoms with E-state index in [0.717, 1.165) is 33.9 Å². The Hall–Kier alpha value is -4.50. The van der Waals surface area contributed by atoms with Crippen molar-refractivity contribution < 1.29 is 23.4 Å². The number of thiophene rings is 1. The first kappa shape index (κ1) is 32.4. The largest absolute Gasteiger partial charge is 0.496 e. The van der Waals surface area contributed by atoms with Gasteiger partial charge >= 0.3 is 11.7 Å². The van der Waals surface area contributed by atoms with Crippen molar-refractivity contribution >= 4 is 39.5 Å². The van der Waals surface area contributed by atoms with Crippen LogP contribution in [0, 0.1) is 18.2 Å². The van der Waals surface area contributed by atoms with Gasteiger partial charge in [-0.15, -0.1) is 4.80 Å². The summed E-state index contributed by atoms with van der Waals surface area (Å²) in [5.74, 6) is -0.0527. The molecule has 0 atom stereocenters. The monoisotopic (exact) mass is 667 g/mol. The Balaban J connectivity index is 1.60. The summed E-state index contributed by atoms with van der Waals surface area (Å²) in [4.78, 5) is 45.9. The number of benzene rings is 1. The minimum Gasteiger partial charge on any atom is -0.496 e. The molecule has 3 aromatic heterocycles. The molecule has 0 saturated carbocycles. The van der Waals surface area contributed by atoms with E-state index >= 15 is 0 Å². The number of ether oxygens (including phenoxy) is 3. The van der Waals surface area contributed by atoms with Crippen molar-refractivity contribution in [3.8, 4) is 10.8 Å². The average molecular weight is 668 g/mol. The minimum atomic E-state index is -0.806. The number of likely N-dealkylation sites (tertiary alicyclic amines) is 1. The summed E-state index contributed by atoms with van der Waals surface area (Å²) in [7, 11) is 2.88. The Bertz CT molecular complexity index is 1940. The van der Waals surface area contributed by atoms with E-state index in [1.807, 2.05) is 0 Å². The fourth-order valence-electron chi connectivity index (χ4n) is 6.18. The molecule has 5 heterocycles. The van der Waals surface area contributed by atoms with Crippen molar-refractivity contribution in [1.82, 2.24) is 29.1 Å². The van der Waals surface area contributed by atoms with Crippen LogP contribution in [0.4, 0.5) is 9.18 Å². The Morgan fingerprint density at radius 3 is 2.60 bits per heavy atom. The van der Waals surface area contributed by atoms with E-state index in [2.05, 4.69) is 24.0 Å². The van der Waals surface area contributed by atoms with Crippen LogP contribution in [0.3, 0.4) is 0 Å². The molecule has 0 spiro atoms. The summed E-state index contributed by atoms with van der Waals surface area (Å²) in [5.41, 5.74) is -0.775. The molecule has 0 unspecified atom stereocenters. The van der Waals surface area contributed by atoms with Crippen molar-refractivity contribution in [2.45, 2.75) is 52.6 Å². The number of aryl methyl sites for hydroxylation is 1. The molecule has 250 valence electrons. The van der Waals surface area contributed by atoms with Gasteiger partial charge in [0.1, 0.15) is 33.3 Å². The lowest BCUT2D eigenvalue weighted by atomic mass is 9.84. The fraction of sp³-hybridized carbons (Fsp3) is 0.469. The molecule has 13 nitrogen and oxygen atoms in total. The molecule has 0 aliphatic carbocycles. The Morgan fingerprint density at radius 2 is 1.91 bits per heavy atom. The third-order valence-corrected chi connectivity index (χ3v) is 9.86. The molecule has 2 amide bonds. The van der Waals surface area contributed by atoms with E-state index in [-0.39, 0.29) is 33.1 Å². The summed E-state index contributed by atoms with van der Waals surface area (Å²) in [6, 6.07) is 3.55. The Morgan fingerprint density at radius 1 is 1.19 bits per heavy atom. The Kier molecular flexibility index (Phi) is 8.94. The predicted octanol–water partition coefficient (Wildman–Crippen LogP) is 4.22. The molecule has 47 heavy (non-hydrogen) atoms. The second kappa shape index (κ2) is 13.0. The van der Waals surface area contributed by atoms with Crippen molar-refractivity contribution in [3.05, 3.63) is 68.4 Å². The van der Waals surface area contributed by atoms with Gasteiger partial charge in [-0.2, -0.15) is 14.9 Å². The number of methoxy groups -OCH3 is 1. The zero-order valence-corrected chi connectivity index (χ0v) is 27.9. The Labute approximate surface area is 274 Å². The number of urea groups is 1. The topological polar surface area (TPSA) is 126 Å². The van der Waals surface area contributed by atoms with Gasteiger partial charge in [0.15, 0.2) is 0 Å². The van der Waals surface area contributed by atoms with Crippen molar-refractivity contribution in [3.63, 3.8) is 0 Å². The van der Waals surface area contributed by atoms with Gasteiger partial charge in [0.05, 0.1) is 49.9 Å². The van der Waals surface area contributed by atoms with Crippen LogP contribution < -0.4 is 21.0 Å². The number of nitrogens with zero attached hydrogens (tertiary/aromatic N) is 7. The van der Waals surface area contributed by atoms with Crippen LogP contribution in [0.25, 0.3) is 27.2 Å². The maximum atomic E-state index is 14.7. The molecule has 2 fully saturated rings. The highest BCUT2D eigenvalue weighted by molar-refractivity contribution is 7.21. The lowest BCUT2D eigenvalue weighted by molar-refractivity contribution is 0.0139. The number of amides is 2. The van der Waals surface area contributed by atoms with Crippen LogP contribution in [-0.2, 0) is 9.47 Å². The van der Waals surface area contributed by atoms with Gasteiger partial charge < -0.3 is 19.1 Å². The third-order valence-electron chi connectivity index (χ3n) is 8.60. The molecule has 2 aliphatic rings. The molecule has 4 aromatic rings. The molecule has 0 bridgehead atoms. The highest BCUT2D eigenvalue weighted by Gasteiger charge is 2.33. The van der Waals surface area contributed by atoms with Gasteiger partial charge in [0.25, 0.3) is 5.56 Å². The number of piperidine rings is 1. The zero-order chi connectivity index (χ0) is 33.5. The van der Waals surface area contributed by atoms with Gasteiger partial charge in [0, 0.05) is 38.5 Å². The normalized spacial score (nSPS) is 17.2. The van der Waals surface area contributed by atoms with Gasteiger partial charge in [-0.1, -0.05) is 25.2 Å². The number of carbonyl (C=O) groups excluding carboxylic acids is 1. The third kappa shape index (κ3) is 6.29. The summed E-state index contributed by atoms with van der Waals surface area (Å²) in [5, 5.41) is 10.3. The average Bonchev–Trinajstić information content (AvgIpc) is 3.70. The van der Waals surface area contributed by atoms with Crippen LogP contribution in [0.15, 0.2) is 40.2 Å². The molecule has 2 saturated heterocycles. The van der Waals surface area contributed by atoms with Gasteiger partial charge in [0.2, 0.25) is 0 Å². The quantitative estimate of drug-likeness (QED) is 0.268. The smallest absolute Gasteiger partial charge is 0.355 e. The minimum absolute atomic E-state index is 0.108. The summed E-state index contributed by atoms with van der Waals surface area (Å²) >= 11 is 1.14. The number of fused-ring (bicyclic) bond motifs is 1. The summed E-state index contributed by atoms with van der Waals surface area (Å²) < 4.78 is 34.4. The molecule has 2 aliphatic heterocycles. The second-order valence-electron chi connectivity index (χ2n) is 12.6. The lowest BCUT2D eigenvalue weighted by Gasteiger charge is -2.39. The standard InChI is InChI=1S/C32H38FN7O6S/c1-20-26-27(41)39(36(4)30(42)37-14-6-11-32(2,3)19-37)31(43)38(29(26)47-28(20)40-34-12-13-35-40)18-25(46-22-9-15-45-16-10-22)23-17-21(33)7-8-24(23)44-5/h7-8,12-13,17-18,22H,6,9-11,14-16,19H2,1-5H3. The number of rotatable bonds is 7. The van der Waals surface area contributed by atoms with Crippen LogP contribution in [0.1, 0.15) is 50.7 Å². The van der Waals surface area contributed by atoms with Crippen LogP contribution >= 0.6 is 11.3 Å². The zero-order valence-electron chi connectivity index (χ0n) is 27.1. The summed E-state index contributed by atoms with van der Waals surface area (Å²) in [6.07, 6.45) is 7.09. The first-order chi connectivity index (χ1) is 22.5. The SMILES string of the molecule is COc1ccc(F)cc1C(=Cn1c(=O)n(N(C)C(=O)N2CCCC(C)(C)C2)c(=O)c2c(C)c(-n3nccn3)sc21)OC1CCOCC1.